The van der Waals surface area contributed by atoms with Crippen LogP contribution in [0.4, 0.5) is 4.39 Å². The zero-order valence-corrected chi connectivity index (χ0v) is 22.3. The number of carbonyl (C=O) groups is 2. The van der Waals surface area contributed by atoms with E-state index in [4.69, 9.17) is 28.8 Å². The second kappa shape index (κ2) is 15.9. The molecule has 0 radical (unpaired) electrons. The zero-order valence-electron chi connectivity index (χ0n) is 22.3. The Morgan fingerprint density at radius 3 is 2.33 bits per heavy atom. The SMILES string of the molecule is CCO[C@@H]1OC(C(=O)NCc2ccc(F)cc2)=C[C@H](c2ccc(C(=O)OC)cc2)[C@H]1CCOCCOCCO. The van der Waals surface area contributed by atoms with Gasteiger partial charge in [-0.15, -0.1) is 0 Å². The van der Waals surface area contributed by atoms with Crippen molar-refractivity contribution in [3.05, 3.63) is 82.9 Å². The number of esters is 1. The average Bonchev–Trinajstić information content (AvgIpc) is 2.96. The Balaban J connectivity index is 1.79. The predicted molar refractivity (Wildman–Crippen MR) is 140 cm³/mol. The molecule has 1 heterocycles. The van der Waals surface area contributed by atoms with Gasteiger partial charge in [0.05, 0.1) is 39.1 Å². The molecule has 1 aliphatic rings. The number of nitrogens with one attached hydrogen (secondary N) is 1. The third-order valence-electron chi connectivity index (χ3n) is 6.23. The normalized spacial score (nSPS) is 18.7. The first-order valence-corrected chi connectivity index (χ1v) is 12.9. The Bertz CT molecular complexity index is 1070. The quantitative estimate of drug-likeness (QED) is 0.259. The number of allylic oxidation sites excluding steroid dienone is 1. The number of amides is 1. The lowest BCUT2D eigenvalue weighted by atomic mass is 9.81. The summed E-state index contributed by atoms with van der Waals surface area (Å²) in [6.45, 7) is 3.78. The van der Waals surface area contributed by atoms with Gasteiger partial charge in [-0.05, 0) is 54.8 Å². The fourth-order valence-corrected chi connectivity index (χ4v) is 4.25. The molecular weight excluding hydrogens is 509 g/mol. The molecule has 0 saturated carbocycles. The van der Waals surface area contributed by atoms with Gasteiger partial charge < -0.3 is 34.1 Å². The van der Waals surface area contributed by atoms with Gasteiger partial charge in [0.1, 0.15) is 5.82 Å². The number of aliphatic hydroxyl groups is 1. The molecular formula is C29H36FNO8. The molecule has 2 aromatic carbocycles. The van der Waals surface area contributed by atoms with Gasteiger partial charge in [-0.3, -0.25) is 4.79 Å². The van der Waals surface area contributed by atoms with Crippen LogP contribution in [-0.2, 0) is 35.0 Å². The third-order valence-corrected chi connectivity index (χ3v) is 6.23. The van der Waals surface area contributed by atoms with E-state index in [1.54, 1.807) is 30.3 Å². The molecule has 1 aliphatic heterocycles. The fourth-order valence-electron chi connectivity index (χ4n) is 4.25. The molecule has 39 heavy (non-hydrogen) atoms. The van der Waals surface area contributed by atoms with Crippen molar-refractivity contribution in [3.8, 4) is 0 Å². The van der Waals surface area contributed by atoms with E-state index in [0.29, 0.717) is 38.4 Å². The van der Waals surface area contributed by atoms with Crippen LogP contribution in [0.5, 0.6) is 0 Å². The monoisotopic (exact) mass is 545 g/mol. The molecule has 0 unspecified atom stereocenters. The third kappa shape index (κ3) is 9.14. The lowest BCUT2D eigenvalue weighted by Gasteiger charge is -2.37. The predicted octanol–water partition coefficient (Wildman–Crippen LogP) is 3.32. The summed E-state index contributed by atoms with van der Waals surface area (Å²) in [5.74, 6) is -1.56. The summed E-state index contributed by atoms with van der Waals surface area (Å²) in [6.07, 6.45) is 1.61. The minimum Gasteiger partial charge on any atom is -0.465 e. The molecule has 0 saturated heterocycles. The molecule has 10 heteroatoms. The van der Waals surface area contributed by atoms with Crippen LogP contribution >= 0.6 is 0 Å². The maximum absolute atomic E-state index is 13.2. The molecule has 3 rings (SSSR count). The van der Waals surface area contributed by atoms with Crippen LogP contribution in [0, 0.1) is 11.7 Å². The number of benzene rings is 2. The zero-order chi connectivity index (χ0) is 28.0. The van der Waals surface area contributed by atoms with Gasteiger partial charge >= 0.3 is 5.97 Å². The molecule has 2 aromatic rings. The maximum Gasteiger partial charge on any atom is 0.337 e. The van der Waals surface area contributed by atoms with E-state index in [9.17, 15) is 14.0 Å². The lowest BCUT2D eigenvalue weighted by Crippen LogP contribution is -2.39. The van der Waals surface area contributed by atoms with Crippen LogP contribution in [0.3, 0.4) is 0 Å². The van der Waals surface area contributed by atoms with Crippen molar-refractivity contribution in [2.24, 2.45) is 5.92 Å². The van der Waals surface area contributed by atoms with Gasteiger partial charge in [-0.25, -0.2) is 9.18 Å². The number of methoxy groups -OCH3 is 1. The van der Waals surface area contributed by atoms with Crippen molar-refractivity contribution < 1.29 is 42.8 Å². The number of carbonyl (C=O) groups excluding carboxylic acids is 2. The molecule has 0 fully saturated rings. The van der Waals surface area contributed by atoms with Crippen molar-refractivity contribution in [2.45, 2.75) is 32.1 Å². The van der Waals surface area contributed by atoms with Crippen molar-refractivity contribution in [2.75, 3.05) is 46.8 Å². The molecule has 0 spiro atoms. The fraction of sp³-hybridized carbons (Fsp3) is 0.448. The Morgan fingerprint density at radius 2 is 1.69 bits per heavy atom. The van der Waals surface area contributed by atoms with E-state index in [0.717, 1.165) is 11.1 Å². The summed E-state index contributed by atoms with van der Waals surface area (Å²) in [4.78, 5) is 25.0. The molecule has 2 N–H and O–H groups in total. The van der Waals surface area contributed by atoms with E-state index < -0.39 is 18.2 Å². The smallest absolute Gasteiger partial charge is 0.337 e. The molecule has 0 aromatic heterocycles. The Hall–Kier alpha value is -3.31. The van der Waals surface area contributed by atoms with Gasteiger partial charge in [0.2, 0.25) is 6.29 Å². The van der Waals surface area contributed by atoms with Crippen LogP contribution in [0.15, 0.2) is 60.4 Å². The summed E-state index contributed by atoms with van der Waals surface area (Å²) < 4.78 is 40.9. The van der Waals surface area contributed by atoms with E-state index in [-0.39, 0.29) is 43.2 Å². The summed E-state index contributed by atoms with van der Waals surface area (Å²) >= 11 is 0. The number of halogens is 1. The number of rotatable bonds is 15. The lowest BCUT2D eigenvalue weighted by molar-refractivity contribution is -0.168. The van der Waals surface area contributed by atoms with Crippen LogP contribution in [0.1, 0.15) is 40.7 Å². The summed E-state index contributed by atoms with van der Waals surface area (Å²) in [6, 6.07) is 12.9. The van der Waals surface area contributed by atoms with Gasteiger partial charge in [0.15, 0.2) is 5.76 Å². The van der Waals surface area contributed by atoms with Gasteiger partial charge in [0, 0.05) is 31.6 Å². The topological polar surface area (TPSA) is 113 Å². The number of hydrogen-bond acceptors (Lipinski definition) is 8. The first-order valence-electron chi connectivity index (χ1n) is 12.9. The first kappa shape index (κ1) is 30.2. The molecule has 9 nitrogen and oxygen atoms in total. The molecule has 0 aliphatic carbocycles. The van der Waals surface area contributed by atoms with E-state index in [1.165, 1.54) is 19.2 Å². The summed E-state index contributed by atoms with van der Waals surface area (Å²) in [7, 11) is 1.33. The van der Waals surface area contributed by atoms with E-state index in [2.05, 4.69) is 5.32 Å². The van der Waals surface area contributed by atoms with Gasteiger partial charge in [0.25, 0.3) is 5.91 Å². The number of hydrogen-bond donors (Lipinski definition) is 2. The van der Waals surface area contributed by atoms with Crippen LogP contribution in [-0.4, -0.2) is 70.0 Å². The second-order valence-corrected chi connectivity index (χ2v) is 8.82. The van der Waals surface area contributed by atoms with Crippen molar-refractivity contribution in [1.82, 2.24) is 5.32 Å². The highest BCUT2D eigenvalue weighted by Crippen LogP contribution is 2.39. The average molecular weight is 546 g/mol. The molecule has 0 bridgehead atoms. The van der Waals surface area contributed by atoms with Gasteiger partial charge in [-0.1, -0.05) is 24.3 Å². The van der Waals surface area contributed by atoms with E-state index in [1.807, 2.05) is 19.1 Å². The minimum atomic E-state index is -0.717. The highest BCUT2D eigenvalue weighted by atomic mass is 19.1. The maximum atomic E-state index is 13.2. The summed E-state index contributed by atoms with van der Waals surface area (Å²) in [5.41, 5.74) is 2.03. The largest absolute Gasteiger partial charge is 0.465 e. The second-order valence-electron chi connectivity index (χ2n) is 8.82. The number of aliphatic hydroxyl groups excluding tert-OH is 1. The molecule has 3 atom stereocenters. The molecule has 212 valence electrons. The van der Waals surface area contributed by atoms with Crippen molar-refractivity contribution >= 4 is 11.9 Å². The van der Waals surface area contributed by atoms with E-state index >= 15 is 0 Å². The minimum absolute atomic E-state index is 0.0436. The van der Waals surface area contributed by atoms with Crippen LogP contribution < -0.4 is 5.32 Å². The highest BCUT2D eigenvalue weighted by Gasteiger charge is 2.38. The van der Waals surface area contributed by atoms with Gasteiger partial charge in [-0.2, -0.15) is 0 Å². The van der Waals surface area contributed by atoms with Crippen LogP contribution in [0.2, 0.25) is 0 Å². The Labute approximate surface area is 227 Å². The van der Waals surface area contributed by atoms with Crippen molar-refractivity contribution in [3.63, 3.8) is 0 Å². The molecule has 1 amide bonds. The standard InChI is InChI=1S/C29H36FNO8/c1-3-38-29-24(12-14-36-16-17-37-15-13-32)25(21-6-8-22(9-7-21)28(34)35-2)18-26(39-29)27(33)31-19-20-4-10-23(30)11-5-20/h4-11,18,24-25,29,32H,3,12-17,19H2,1-2H3,(H,31,33)/t24-,25-,29-/m1/s1. The Kier molecular flexibility index (Phi) is 12.4. The first-order chi connectivity index (χ1) is 19.0. The highest BCUT2D eigenvalue weighted by molar-refractivity contribution is 5.92. The number of ether oxygens (including phenoxy) is 5. The van der Waals surface area contributed by atoms with Crippen molar-refractivity contribution in [1.29, 1.82) is 0 Å². The van der Waals surface area contributed by atoms with Crippen LogP contribution in [0.25, 0.3) is 0 Å². The summed E-state index contributed by atoms with van der Waals surface area (Å²) in [5, 5.41) is 11.6. The Morgan fingerprint density at radius 1 is 1.00 bits per heavy atom.